The molecule has 0 saturated heterocycles. The molecule has 76 valence electrons. The van der Waals surface area contributed by atoms with Crippen molar-refractivity contribution >= 4 is 21.8 Å². The Morgan fingerprint density at radius 1 is 1.40 bits per heavy atom. The lowest BCUT2D eigenvalue weighted by Gasteiger charge is -2.00. The summed E-state index contributed by atoms with van der Waals surface area (Å²) in [5.41, 5.74) is 6.25. The van der Waals surface area contributed by atoms with Gasteiger partial charge in [-0.15, -0.1) is 10.2 Å². The van der Waals surface area contributed by atoms with Crippen LogP contribution in [-0.2, 0) is 0 Å². The fraction of sp³-hybridized carbons (Fsp3) is 0. The SMILES string of the molecule is NC(=O)c1cc(Br)cc(-c2nn[nH]n2)c1. The van der Waals surface area contributed by atoms with E-state index in [-0.39, 0.29) is 0 Å². The maximum absolute atomic E-state index is 11.0. The van der Waals surface area contributed by atoms with Crippen LogP contribution in [0.15, 0.2) is 22.7 Å². The van der Waals surface area contributed by atoms with Gasteiger partial charge >= 0.3 is 0 Å². The first-order chi connectivity index (χ1) is 7.16. The van der Waals surface area contributed by atoms with Gasteiger partial charge in [-0.25, -0.2) is 0 Å². The van der Waals surface area contributed by atoms with E-state index in [9.17, 15) is 4.79 Å². The summed E-state index contributed by atoms with van der Waals surface area (Å²) in [4.78, 5) is 11.0. The molecule has 15 heavy (non-hydrogen) atoms. The number of rotatable bonds is 2. The monoisotopic (exact) mass is 267 g/mol. The molecule has 1 aromatic heterocycles. The largest absolute Gasteiger partial charge is 0.366 e. The van der Waals surface area contributed by atoms with Gasteiger partial charge in [0.1, 0.15) is 0 Å². The van der Waals surface area contributed by atoms with E-state index in [1.165, 1.54) is 0 Å². The molecule has 0 spiro atoms. The molecule has 0 aliphatic rings. The Morgan fingerprint density at radius 2 is 2.20 bits per heavy atom. The van der Waals surface area contributed by atoms with Crippen molar-refractivity contribution in [1.82, 2.24) is 20.6 Å². The highest BCUT2D eigenvalue weighted by Gasteiger charge is 2.08. The van der Waals surface area contributed by atoms with E-state index >= 15 is 0 Å². The number of benzene rings is 1. The number of tetrazole rings is 1. The summed E-state index contributed by atoms with van der Waals surface area (Å²) in [5.74, 6) is -0.0835. The van der Waals surface area contributed by atoms with Gasteiger partial charge in [-0.3, -0.25) is 4.79 Å². The summed E-state index contributed by atoms with van der Waals surface area (Å²) in [6.07, 6.45) is 0. The number of nitrogens with one attached hydrogen (secondary N) is 1. The first-order valence-electron chi connectivity index (χ1n) is 4.01. The number of aromatic nitrogens is 4. The molecule has 3 N–H and O–H groups in total. The minimum atomic E-state index is -0.499. The Bertz CT molecular complexity index is 496. The van der Waals surface area contributed by atoms with E-state index in [0.717, 1.165) is 4.47 Å². The third kappa shape index (κ3) is 2.01. The number of carbonyl (C=O) groups is 1. The molecule has 0 bridgehead atoms. The number of primary amides is 1. The number of H-pyrrole nitrogens is 1. The molecule has 0 atom stereocenters. The number of carbonyl (C=O) groups excluding carboxylic acids is 1. The zero-order valence-electron chi connectivity index (χ0n) is 7.44. The summed E-state index contributed by atoms with van der Waals surface area (Å²) in [6, 6.07) is 5.02. The molecule has 0 saturated carbocycles. The number of hydrogen-bond donors (Lipinski definition) is 2. The molecular formula is C8H6BrN5O. The van der Waals surface area contributed by atoms with E-state index in [2.05, 4.69) is 36.6 Å². The summed E-state index contributed by atoms with van der Waals surface area (Å²) in [7, 11) is 0. The van der Waals surface area contributed by atoms with Crippen LogP contribution in [0.1, 0.15) is 10.4 Å². The van der Waals surface area contributed by atoms with Crippen LogP contribution in [0.3, 0.4) is 0 Å². The fourth-order valence-electron chi connectivity index (χ4n) is 1.15. The maximum atomic E-state index is 11.0. The molecule has 6 nitrogen and oxygen atoms in total. The number of hydrogen-bond acceptors (Lipinski definition) is 4. The Kier molecular flexibility index (Phi) is 2.46. The quantitative estimate of drug-likeness (QED) is 0.838. The predicted molar refractivity (Wildman–Crippen MR) is 55.8 cm³/mol. The standard InChI is InChI=1S/C8H6BrN5O/c9-6-2-4(7(10)15)1-5(3-6)8-11-13-14-12-8/h1-3H,(H2,10,15)(H,11,12,13,14). The smallest absolute Gasteiger partial charge is 0.248 e. The fourth-order valence-corrected chi connectivity index (χ4v) is 1.64. The average molecular weight is 268 g/mol. The Balaban J connectivity index is 2.54. The molecule has 7 heteroatoms. The predicted octanol–water partition coefficient (Wildman–Crippen LogP) is 0.728. The minimum absolute atomic E-state index is 0.393. The number of halogens is 1. The van der Waals surface area contributed by atoms with Gasteiger partial charge in [0.05, 0.1) is 0 Å². The number of nitrogens with zero attached hydrogens (tertiary/aromatic N) is 3. The topological polar surface area (TPSA) is 97.5 Å². The van der Waals surface area contributed by atoms with Crippen molar-refractivity contribution in [2.45, 2.75) is 0 Å². The van der Waals surface area contributed by atoms with E-state index in [4.69, 9.17) is 5.73 Å². The van der Waals surface area contributed by atoms with E-state index in [0.29, 0.717) is 17.0 Å². The summed E-state index contributed by atoms with van der Waals surface area (Å²) in [6.45, 7) is 0. The number of aromatic amines is 1. The van der Waals surface area contributed by atoms with Gasteiger partial charge in [-0.05, 0) is 23.4 Å². The van der Waals surface area contributed by atoms with Crippen LogP contribution in [0.5, 0.6) is 0 Å². The summed E-state index contributed by atoms with van der Waals surface area (Å²) >= 11 is 3.27. The van der Waals surface area contributed by atoms with Crippen LogP contribution < -0.4 is 5.73 Å². The maximum Gasteiger partial charge on any atom is 0.248 e. The highest BCUT2D eigenvalue weighted by atomic mass is 79.9. The second-order valence-electron chi connectivity index (χ2n) is 2.83. The molecular weight excluding hydrogens is 262 g/mol. The first kappa shape index (κ1) is 9.78. The van der Waals surface area contributed by atoms with E-state index in [1.54, 1.807) is 18.2 Å². The highest BCUT2D eigenvalue weighted by molar-refractivity contribution is 9.10. The van der Waals surface area contributed by atoms with Crippen molar-refractivity contribution in [3.05, 3.63) is 28.2 Å². The van der Waals surface area contributed by atoms with Crippen LogP contribution in [0, 0.1) is 0 Å². The third-order valence-electron chi connectivity index (χ3n) is 1.79. The number of amides is 1. The summed E-state index contributed by atoms with van der Waals surface area (Å²) in [5, 5.41) is 13.4. The Morgan fingerprint density at radius 3 is 2.80 bits per heavy atom. The van der Waals surface area contributed by atoms with Crippen molar-refractivity contribution in [3.63, 3.8) is 0 Å². The zero-order chi connectivity index (χ0) is 10.8. The van der Waals surface area contributed by atoms with Crippen molar-refractivity contribution < 1.29 is 4.79 Å². The average Bonchev–Trinajstić information content (AvgIpc) is 2.69. The molecule has 1 amide bonds. The van der Waals surface area contributed by atoms with Gasteiger partial charge in [0.2, 0.25) is 11.7 Å². The number of nitrogens with two attached hydrogens (primary N) is 1. The molecule has 0 fully saturated rings. The van der Waals surface area contributed by atoms with Crippen LogP contribution in [-0.4, -0.2) is 26.5 Å². The molecule has 0 unspecified atom stereocenters. The molecule has 2 aromatic rings. The second-order valence-corrected chi connectivity index (χ2v) is 3.74. The molecule has 2 rings (SSSR count). The molecule has 1 aromatic carbocycles. The molecule has 0 aliphatic carbocycles. The van der Waals surface area contributed by atoms with Gasteiger partial charge in [0.25, 0.3) is 0 Å². The molecule has 0 aliphatic heterocycles. The van der Waals surface area contributed by atoms with Crippen LogP contribution in [0.25, 0.3) is 11.4 Å². The zero-order valence-corrected chi connectivity index (χ0v) is 9.02. The summed E-state index contributed by atoms with van der Waals surface area (Å²) < 4.78 is 0.735. The van der Waals surface area contributed by atoms with Gasteiger partial charge in [-0.2, -0.15) is 5.21 Å². The second kappa shape index (κ2) is 3.77. The van der Waals surface area contributed by atoms with Crippen LogP contribution in [0.4, 0.5) is 0 Å². The molecule has 0 radical (unpaired) electrons. The van der Waals surface area contributed by atoms with Gasteiger partial charge in [-0.1, -0.05) is 15.9 Å². The van der Waals surface area contributed by atoms with Crippen molar-refractivity contribution in [1.29, 1.82) is 0 Å². The van der Waals surface area contributed by atoms with E-state index in [1.807, 2.05) is 0 Å². The Labute approximate surface area is 93.0 Å². The molecule has 1 heterocycles. The minimum Gasteiger partial charge on any atom is -0.366 e. The van der Waals surface area contributed by atoms with Gasteiger partial charge in [0, 0.05) is 15.6 Å². The lowest BCUT2D eigenvalue weighted by Crippen LogP contribution is -2.10. The highest BCUT2D eigenvalue weighted by Crippen LogP contribution is 2.21. The van der Waals surface area contributed by atoms with Crippen LogP contribution in [0.2, 0.25) is 0 Å². The third-order valence-corrected chi connectivity index (χ3v) is 2.24. The van der Waals surface area contributed by atoms with E-state index < -0.39 is 5.91 Å². The lowest BCUT2D eigenvalue weighted by molar-refractivity contribution is 0.100. The van der Waals surface area contributed by atoms with Crippen LogP contribution >= 0.6 is 15.9 Å². The Hall–Kier alpha value is -1.76. The van der Waals surface area contributed by atoms with Crippen molar-refractivity contribution in [2.75, 3.05) is 0 Å². The van der Waals surface area contributed by atoms with Crippen molar-refractivity contribution in [2.24, 2.45) is 5.73 Å². The lowest BCUT2D eigenvalue weighted by atomic mass is 10.1. The van der Waals surface area contributed by atoms with Gasteiger partial charge < -0.3 is 5.73 Å². The van der Waals surface area contributed by atoms with Gasteiger partial charge in [0.15, 0.2) is 0 Å². The normalized spacial score (nSPS) is 10.2. The first-order valence-corrected chi connectivity index (χ1v) is 4.80. The van der Waals surface area contributed by atoms with Crippen molar-refractivity contribution in [3.8, 4) is 11.4 Å².